The summed E-state index contributed by atoms with van der Waals surface area (Å²) in [5.41, 5.74) is 8.95. The largest absolute Gasteiger partial charge is 0.396 e. The van der Waals surface area contributed by atoms with Crippen molar-refractivity contribution >= 4 is 0 Å². The summed E-state index contributed by atoms with van der Waals surface area (Å²) in [7, 11) is 0. The molecule has 4 heteroatoms. The van der Waals surface area contributed by atoms with Crippen molar-refractivity contribution in [3.63, 3.8) is 0 Å². The third-order valence-electron chi connectivity index (χ3n) is 2.01. The molecule has 3 N–H and O–H groups in total. The number of hydrogen-bond acceptors (Lipinski definition) is 3. The van der Waals surface area contributed by atoms with Crippen molar-refractivity contribution in [1.82, 2.24) is 5.73 Å². The lowest BCUT2D eigenvalue weighted by Crippen LogP contribution is -2.31. The van der Waals surface area contributed by atoms with Crippen molar-refractivity contribution in [2.45, 2.75) is 24.7 Å². The van der Waals surface area contributed by atoms with Crippen LogP contribution in [0.2, 0.25) is 0 Å². The molecule has 58 valence electrons. The van der Waals surface area contributed by atoms with Crippen molar-refractivity contribution < 1.29 is 15.3 Å². The van der Waals surface area contributed by atoms with Gasteiger partial charge in [-0.05, 0) is 6.42 Å². The Balaban J connectivity index is 2.53. The van der Waals surface area contributed by atoms with E-state index in [1.54, 1.807) is 0 Å². The maximum absolute atomic E-state index is 9.06. The molecule has 4 atom stereocenters. The van der Waals surface area contributed by atoms with Crippen LogP contribution in [0.1, 0.15) is 6.42 Å². The molecule has 0 aromatic heterocycles. The molecule has 2 radical (unpaired) electrons. The Morgan fingerprint density at radius 3 is 2.10 bits per heavy atom. The zero-order valence-electron chi connectivity index (χ0n) is 5.51. The van der Waals surface area contributed by atoms with Gasteiger partial charge in [0.05, 0.1) is 18.2 Å². The SMILES string of the molecule is [N][C@@H]1CC(CO)[C@@H](O)[C@@H]1O. The maximum Gasteiger partial charge on any atom is 0.0987 e. The third-order valence-corrected chi connectivity index (χ3v) is 2.01. The van der Waals surface area contributed by atoms with Crippen LogP contribution in [0.15, 0.2) is 0 Å². The standard InChI is InChI=1S/C6H11NO3/c7-4-1-3(2-8)5(9)6(4)10/h3-6,8-10H,1-2H2/t3?,4-,5-,6-/m1/s1. The first-order chi connectivity index (χ1) is 4.66. The maximum atomic E-state index is 9.06. The highest BCUT2D eigenvalue weighted by atomic mass is 16.3. The molecule has 1 aliphatic rings. The van der Waals surface area contributed by atoms with Gasteiger partial charge in [0.15, 0.2) is 0 Å². The second-order valence-corrected chi connectivity index (χ2v) is 2.73. The summed E-state index contributed by atoms with van der Waals surface area (Å²) in [5.74, 6) is -0.370. The van der Waals surface area contributed by atoms with Crippen LogP contribution in [0.3, 0.4) is 0 Å². The Morgan fingerprint density at radius 2 is 1.90 bits per heavy atom. The van der Waals surface area contributed by atoms with Crippen molar-refractivity contribution in [2.24, 2.45) is 5.92 Å². The van der Waals surface area contributed by atoms with Gasteiger partial charge in [-0.3, -0.25) is 0 Å². The fourth-order valence-corrected chi connectivity index (χ4v) is 1.28. The quantitative estimate of drug-likeness (QED) is 0.405. The van der Waals surface area contributed by atoms with Crippen LogP contribution in [-0.4, -0.2) is 40.2 Å². The highest BCUT2D eigenvalue weighted by Gasteiger charge is 2.39. The van der Waals surface area contributed by atoms with Gasteiger partial charge < -0.3 is 15.3 Å². The van der Waals surface area contributed by atoms with E-state index >= 15 is 0 Å². The summed E-state index contributed by atoms with van der Waals surface area (Å²) in [4.78, 5) is 0. The molecule has 1 aliphatic carbocycles. The van der Waals surface area contributed by atoms with E-state index in [4.69, 9.17) is 21.1 Å². The molecule has 0 aliphatic heterocycles. The molecule has 1 unspecified atom stereocenters. The van der Waals surface area contributed by atoms with Gasteiger partial charge >= 0.3 is 0 Å². The summed E-state index contributed by atoms with van der Waals surface area (Å²) in [6.45, 7) is -0.185. The van der Waals surface area contributed by atoms with Crippen LogP contribution < -0.4 is 5.73 Å². The lowest BCUT2D eigenvalue weighted by Gasteiger charge is -2.12. The summed E-state index contributed by atoms with van der Waals surface area (Å²) in [5, 5.41) is 26.6. The predicted octanol–water partition coefficient (Wildman–Crippen LogP) is -1.84. The molecule has 0 amide bonds. The highest BCUT2D eigenvalue weighted by Crippen LogP contribution is 2.25. The lowest BCUT2D eigenvalue weighted by atomic mass is 10.1. The van der Waals surface area contributed by atoms with Gasteiger partial charge in [-0.15, -0.1) is 5.73 Å². The van der Waals surface area contributed by atoms with E-state index in [0.29, 0.717) is 0 Å². The van der Waals surface area contributed by atoms with E-state index in [-0.39, 0.29) is 18.9 Å². The Labute approximate surface area is 59.3 Å². The molecule has 0 heterocycles. The summed E-state index contributed by atoms with van der Waals surface area (Å²) >= 11 is 0. The molecule has 1 fully saturated rings. The average Bonchev–Trinajstić information content (AvgIpc) is 2.17. The zero-order valence-corrected chi connectivity index (χ0v) is 5.51. The minimum atomic E-state index is -1.09. The number of nitrogens with zero attached hydrogens (tertiary/aromatic N) is 1. The molecule has 0 spiro atoms. The van der Waals surface area contributed by atoms with Gasteiger partial charge in [-0.25, -0.2) is 0 Å². The number of aliphatic hydroxyl groups is 3. The minimum absolute atomic E-state index is 0.185. The number of rotatable bonds is 1. The van der Waals surface area contributed by atoms with Crippen molar-refractivity contribution in [1.29, 1.82) is 0 Å². The highest BCUT2D eigenvalue weighted by molar-refractivity contribution is 4.92. The topological polar surface area (TPSA) is 83.0 Å². The third kappa shape index (κ3) is 1.15. The summed E-state index contributed by atoms with van der Waals surface area (Å²) in [6.07, 6.45) is -1.78. The van der Waals surface area contributed by atoms with E-state index in [9.17, 15) is 0 Å². The predicted molar refractivity (Wildman–Crippen MR) is 33.1 cm³/mol. The molecular weight excluding hydrogens is 134 g/mol. The molecular formula is C6H11NO3. The Bertz CT molecular complexity index is 120. The van der Waals surface area contributed by atoms with Crippen LogP contribution in [0.5, 0.6) is 0 Å². The fraction of sp³-hybridized carbons (Fsp3) is 1.00. The molecule has 4 nitrogen and oxygen atoms in total. The molecule has 0 aromatic carbocycles. The molecule has 10 heavy (non-hydrogen) atoms. The minimum Gasteiger partial charge on any atom is -0.396 e. The van der Waals surface area contributed by atoms with E-state index in [1.165, 1.54) is 0 Å². The normalized spacial score (nSPS) is 48.0. The van der Waals surface area contributed by atoms with Gasteiger partial charge in [0.1, 0.15) is 0 Å². The first-order valence-electron chi connectivity index (χ1n) is 3.32. The van der Waals surface area contributed by atoms with Gasteiger partial charge in [-0.1, -0.05) is 0 Å². The second kappa shape index (κ2) is 2.84. The van der Waals surface area contributed by atoms with Crippen LogP contribution in [0.25, 0.3) is 0 Å². The zero-order chi connectivity index (χ0) is 7.72. The van der Waals surface area contributed by atoms with E-state index in [2.05, 4.69) is 0 Å². The van der Waals surface area contributed by atoms with Gasteiger partial charge in [0.25, 0.3) is 0 Å². The van der Waals surface area contributed by atoms with Crippen LogP contribution >= 0.6 is 0 Å². The first-order valence-corrected chi connectivity index (χ1v) is 3.32. The summed E-state index contributed by atoms with van der Waals surface area (Å²) < 4.78 is 0. The molecule has 1 saturated carbocycles. The van der Waals surface area contributed by atoms with Gasteiger partial charge in [-0.2, -0.15) is 0 Å². The molecule has 0 saturated heterocycles. The average molecular weight is 145 g/mol. The van der Waals surface area contributed by atoms with Crippen molar-refractivity contribution in [3.05, 3.63) is 0 Å². The fourth-order valence-electron chi connectivity index (χ4n) is 1.28. The van der Waals surface area contributed by atoms with Crippen LogP contribution in [0, 0.1) is 5.92 Å². The van der Waals surface area contributed by atoms with Crippen molar-refractivity contribution in [3.8, 4) is 0 Å². The van der Waals surface area contributed by atoms with Crippen molar-refractivity contribution in [2.75, 3.05) is 6.61 Å². The Morgan fingerprint density at radius 1 is 1.30 bits per heavy atom. The van der Waals surface area contributed by atoms with E-state index in [0.717, 1.165) is 0 Å². The summed E-state index contributed by atoms with van der Waals surface area (Å²) in [6, 6.07) is -0.882. The molecule has 0 bridgehead atoms. The molecule has 1 rings (SSSR count). The number of hydrogen-bond donors (Lipinski definition) is 3. The lowest BCUT2D eigenvalue weighted by molar-refractivity contribution is 0.00243. The Kier molecular flexibility index (Phi) is 2.25. The monoisotopic (exact) mass is 145 g/mol. The van der Waals surface area contributed by atoms with E-state index in [1.807, 2.05) is 0 Å². The van der Waals surface area contributed by atoms with E-state index < -0.39 is 18.2 Å². The van der Waals surface area contributed by atoms with Crippen LogP contribution in [-0.2, 0) is 0 Å². The Hall–Kier alpha value is -0.160. The first kappa shape index (κ1) is 7.94. The van der Waals surface area contributed by atoms with Gasteiger partial charge in [0.2, 0.25) is 0 Å². The number of aliphatic hydroxyl groups excluding tert-OH is 3. The van der Waals surface area contributed by atoms with Gasteiger partial charge in [0, 0.05) is 12.5 Å². The second-order valence-electron chi connectivity index (χ2n) is 2.73. The smallest absolute Gasteiger partial charge is 0.0987 e. The molecule has 0 aromatic rings. The van der Waals surface area contributed by atoms with Crippen LogP contribution in [0.4, 0.5) is 0 Å².